The van der Waals surface area contributed by atoms with Crippen molar-refractivity contribution in [3.05, 3.63) is 17.5 Å². The second kappa shape index (κ2) is 3.94. The van der Waals surface area contributed by atoms with Crippen molar-refractivity contribution in [2.24, 2.45) is 7.05 Å². The number of nitrogens with zero attached hydrogens (tertiary/aromatic N) is 2. The fourth-order valence-electron chi connectivity index (χ4n) is 1.90. The third kappa shape index (κ3) is 1.73. The van der Waals surface area contributed by atoms with Crippen LogP contribution in [0, 0.1) is 0 Å². The molecule has 1 aromatic heterocycles. The number of hydrogen-bond donors (Lipinski definition) is 1. The molecule has 0 unspecified atom stereocenters. The first-order chi connectivity index (χ1) is 7.63. The Morgan fingerprint density at radius 3 is 2.94 bits per heavy atom. The molecule has 0 aliphatic heterocycles. The Morgan fingerprint density at radius 1 is 1.75 bits per heavy atom. The molecule has 2 rings (SSSR count). The number of aromatic nitrogens is 2. The first-order valence-corrected chi connectivity index (χ1v) is 5.50. The van der Waals surface area contributed by atoms with Crippen molar-refractivity contribution in [2.75, 3.05) is 13.6 Å². The predicted molar refractivity (Wildman–Crippen MR) is 62.0 cm³/mol. The van der Waals surface area contributed by atoms with Gasteiger partial charge in [0.05, 0.1) is 5.56 Å². The highest BCUT2D eigenvalue weighted by atomic mass is 16.5. The Morgan fingerprint density at radius 2 is 2.44 bits per heavy atom. The summed E-state index contributed by atoms with van der Waals surface area (Å²) in [4.78, 5) is 11.8. The number of carbonyl (C=O) groups is 1. The van der Waals surface area contributed by atoms with E-state index < -0.39 is 0 Å². The molecule has 5 nitrogen and oxygen atoms in total. The highest BCUT2D eigenvalue weighted by molar-refractivity contribution is 6.11. The number of ether oxygens (including phenoxy) is 1. The minimum absolute atomic E-state index is 0.0751. The average molecular weight is 221 g/mol. The molecule has 0 spiro atoms. The summed E-state index contributed by atoms with van der Waals surface area (Å²) in [6.07, 6.45) is 4.24. The van der Waals surface area contributed by atoms with Gasteiger partial charge in [0.2, 0.25) is 0 Å². The SMILES string of the molecule is BCNC(=O)c1cn(C)nc1C1(OC)CC1. The maximum absolute atomic E-state index is 11.8. The molecule has 16 heavy (non-hydrogen) atoms. The van der Waals surface area contributed by atoms with Gasteiger partial charge in [0.1, 0.15) is 19.1 Å². The van der Waals surface area contributed by atoms with Gasteiger partial charge in [-0.25, -0.2) is 0 Å². The lowest BCUT2D eigenvalue weighted by molar-refractivity contribution is 0.0722. The molecule has 6 heteroatoms. The first kappa shape index (κ1) is 11.2. The summed E-state index contributed by atoms with van der Waals surface area (Å²) in [7, 11) is 5.39. The van der Waals surface area contributed by atoms with E-state index in [1.54, 1.807) is 18.0 Å². The highest BCUT2D eigenvalue weighted by Gasteiger charge is 2.49. The van der Waals surface area contributed by atoms with E-state index in [1.165, 1.54) is 0 Å². The first-order valence-electron chi connectivity index (χ1n) is 5.50. The Kier molecular flexibility index (Phi) is 2.76. The molecule has 1 aromatic rings. The van der Waals surface area contributed by atoms with E-state index in [2.05, 4.69) is 10.4 Å². The molecule has 1 amide bonds. The zero-order chi connectivity index (χ0) is 11.8. The van der Waals surface area contributed by atoms with Gasteiger partial charge < -0.3 is 10.1 Å². The van der Waals surface area contributed by atoms with Crippen LogP contribution in [0.1, 0.15) is 28.9 Å². The molecule has 0 aromatic carbocycles. The van der Waals surface area contributed by atoms with Crippen molar-refractivity contribution < 1.29 is 9.53 Å². The highest BCUT2D eigenvalue weighted by Crippen LogP contribution is 2.49. The van der Waals surface area contributed by atoms with Crippen molar-refractivity contribution in [1.29, 1.82) is 0 Å². The molecule has 1 heterocycles. The van der Waals surface area contributed by atoms with Gasteiger partial charge in [0.15, 0.2) is 0 Å². The minimum atomic E-state index is -0.318. The van der Waals surface area contributed by atoms with E-state index in [0.29, 0.717) is 12.0 Å². The number of rotatable bonds is 4. The van der Waals surface area contributed by atoms with Crippen molar-refractivity contribution >= 4 is 13.8 Å². The van der Waals surface area contributed by atoms with Crippen LogP contribution in [-0.4, -0.2) is 37.1 Å². The Bertz CT molecular complexity index is 412. The zero-order valence-corrected chi connectivity index (χ0v) is 9.91. The van der Waals surface area contributed by atoms with E-state index in [-0.39, 0.29) is 11.5 Å². The van der Waals surface area contributed by atoms with Crippen LogP contribution in [0.3, 0.4) is 0 Å². The summed E-state index contributed by atoms with van der Waals surface area (Å²) < 4.78 is 7.13. The fourth-order valence-corrected chi connectivity index (χ4v) is 1.90. The lowest BCUT2D eigenvalue weighted by atomic mass is 10.1. The molecule has 0 radical (unpaired) electrons. The molecular weight excluding hydrogens is 205 g/mol. The number of methoxy groups -OCH3 is 1. The van der Waals surface area contributed by atoms with Crippen LogP contribution in [-0.2, 0) is 17.4 Å². The minimum Gasteiger partial charge on any atom is -0.372 e. The van der Waals surface area contributed by atoms with Gasteiger partial charge in [-0.15, -0.1) is 0 Å². The van der Waals surface area contributed by atoms with E-state index in [0.717, 1.165) is 18.5 Å². The molecule has 1 aliphatic carbocycles. The van der Waals surface area contributed by atoms with Crippen molar-refractivity contribution in [3.63, 3.8) is 0 Å². The quantitative estimate of drug-likeness (QED) is 0.689. The number of hydrogen-bond acceptors (Lipinski definition) is 3. The standard InChI is InChI=1S/C10H16BN3O2/c1-14-5-7(9(15)12-6-11)8(13-14)10(16-2)3-4-10/h5H,3-4,6,11H2,1-2H3,(H,12,15). The van der Waals surface area contributed by atoms with Crippen molar-refractivity contribution in [2.45, 2.75) is 18.4 Å². The van der Waals surface area contributed by atoms with E-state index in [9.17, 15) is 4.79 Å². The Labute approximate surface area is 95.6 Å². The second-order valence-corrected chi connectivity index (χ2v) is 4.12. The third-order valence-corrected chi connectivity index (χ3v) is 2.94. The third-order valence-electron chi connectivity index (χ3n) is 2.94. The van der Waals surface area contributed by atoms with Gasteiger partial charge in [-0.3, -0.25) is 9.48 Å². The summed E-state index contributed by atoms with van der Waals surface area (Å²) in [5.41, 5.74) is 1.08. The Balaban J connectivity index is 2.34. The smallest absolute Gasteiger partial charge is 0.254 e. The van der Waals surface area contributed by atoms with Crippen LogP contribution in [0.4, 0.5) is 0 Å². The predicted octanol–water partition coefficient (Wildman–Crippen LogP) is -0.624. The molecule has 0 saturated heterocycles. The second-order valence-electron chi connectivity index (χ2n) is 4.12. The molecular formula is C10H16BN3O2. The summed E-state index contributed by atoms with van der Waals surface area (Å²) in [5, 5.41) is 7.14. The van der Waals surface area contributed by atoms with Crippen LogP contribution in [0.2, 0.25) is 0 Å². The lowest BCUT2D eigenvalue weighted by Gasteiger charge is -2.12. The maximum Gasteiger partial charge on any atom is 0.254 e. The lowest BCUT2D eigenvalue weighted by Crippen LogP contribution is -2.26. The van der Waals surface area contributed by atoms with Crippen LogP contribution >= 0.6 is 0 Å². The molecule has 0 atom stereocenters. The number of carbonyl (C=O) groups excluding carboxylic acids is 1. The van der Waals surface area contributed by atoms with Crippen molar-refractivity contribution in [1.82, 2.24) is 15.1 Å². The van der Waals surface area contributed by atoms with Gasteiger partial charge in [-0.2, -0.15) is 5.10 Å². The summed E-state index contributed by atoms with van der Waals surface area (Å²) in [6, 6.07) is 0. The van der Waals surface area contributed by atoms with Gasteiger partial charge in [0.25, 0.3) is 5.91 Å². The fraction of sp³-hybridized carbons (Fsp3) is 0.600. The molecule has 86 valence electrons. The summed E-state index contributed by atoms with van der Waals surface area (Å²) in [6.45, 7) is 0. The van der Waals surface area contributed by atoms with Gasteiger partial charge >= 0.3 is 0 Å². The largest absolute Gasteiger partial charge is 0.372 e. The average Bonchev–Trinajstić information content (AvgIpc) is 2.96. The zero-order valence-electron chi connectivity index (χ0n) is 9.91. The monoisotopic (exact) mass is 221 g/mol. The molecule has 1 aliphatic rings. The summed E-state index contributed by atoms with van der Waals surface area (Å²) in [5.74, 6) is -0.0751. The van der Waals surface area contributed by atoms with Crippen LogP contribution in [0.5, 0.6) is 0 Å². The summed E-state index contributed by atoms with van der Waals surface area (Å²) >= 11 is 0. The van der Waals surface area contributed by atoms with Crippen LogP contribution in [0.25, 0.3) is 0 Å². The van der Waals surface area contributed by atoms with Gasteiger partial charge in [0, 0.05) is 20.4 Å². The molecule has 1 fully saturated rings. The number of amides is 1. The van der Waals surface area contributed by atoms with E-state index >= 15 is 0 Å². The molecule has 1 N–H and O–H groups in total. The molecule has 0 bridgehead atoms. The van der Waals surface area contributed by atoms with Gasteiger partial charge in [-0.1, -0.05) is 0 Å². The van der Waals surface area contributed by atoms with Gasteiger partial charge in [-0.05, 0) is 19.3 Å². The van der Waals surface area contributed by atoms with Crippen LogP contribution in [0.15, 0.2) is 6.20 Å². The van der Waals surface area contributed by atoms with Crippen LogP contribution < -0.4 is 5.32 Å². The maximum atomic E-state index is 11.8. The van der Waals surface area contributed by atoms with Crippen molar-refractivity contribution in [3.8, 4) is 0 Å². The van der Waals surface area contributed by atoms with E-state index in [1.807, 2.05) is 14.9 Å². The Hall–Kier alpha value is -1.30. The number of nitrogens with one attached hydrogen (secondary N) is 1. The number of aryl methyl sites for hydroxylation is 1. The molecule has 1 saturated carbocycles. The topological polar surface area (TPSA) is 56.2 Å². The van der Waals surface area contributed by atoms with E-state index in [4.69, 9.17) is 4.74 Å². The normalized spacial score (nSPS) is 17.1.